The Labute approximate surface area is 172 Å². The predicted molar refractivity (Wildman–Crippen MR) is 115 cm³/mol. The lowest BCUT2D eigenvalue weighted by atomic mass is 10.0. The quantitative estimate of drug-likeness (QED) is 0.619. The zero-order valence-corrected chi connectivity index (χ0v) is 18.0. The average molecular weight is 443 g/mol. The van der Waals surface area contributed by atoms with Gasteiger partial charge in [0.05, 0.1) is 19.2 Å². The number of amides is 2. The van der Waals surface area contributed by atoms with E-state index in [1.165, 1.54) is 4.90 Å². The molecule has 28 heavy (non-hydrogen) atoms. The molecule has 2 aromatic carbocycles. The van der Waals surface area contributed by atoms with Crippen LogP contribution in [0.5, 0.6) is 0 Å². The maximum Gasteiger partial charge on any atom is 0.243 e. The fourth-order valence-corrected chi connectivity index (χ4v) is 3.51. The van der Waals surface area contributed by atoms with Gasteiger partial charge < -0.3 is 14.6 Å². The van der Waals surface area contributed by atoms with Crippen LogP contribution >= 0.6 is 15.9 Å². The van der Waals surface area contributed by atoms with E-state index in [1.807, 2.05) is 51.1 Å². The second-order valence-electron chi connectivity index (χ2n) is 7.13. The minimum Gasteiger partial charge on any atom is -0.464 e. The van der Waals surface area contributed by atoms with E-state index < -0.39 is 0 Å². The first kappa shape index (κ1) is 20.1. The third kappa shape index (κ3) is 4.44. The van der Waals surface area contributed by atoms with Crippen molar-refractivity contribution in [1.82, 2.24) is 4.90 Å². The zero-order valence-electron chi connectivity index (χ0n) is 16.4. The first-order valence-corrected chi connectivity index (χ1v) is 9.81. The third-order valence-corrected chi connectivity index (χ3v) is 5.37. The molecule has 0 fully saturated rings. The molecule has 0 unspecified atom stereocenters. The lowest BCUT2D eigenvalue weighted by Gasteiger charge is -2.17. The molecule has 1 heterocycles. The highest BCUT2D eigenvalue weighted by molar-refractivity contribution is 9.10. The number of benzene rings is 2. The van der Waals surface area contributed by atoms with Gasteiger partial charge in [0, 0.05) is 28.2 Å². The van der Waals surface area contributed by atoms with Crippen molar-refractivity contribution in [2.75, 3.05) is 18.9 Å². The highest BCUT2D eigenvalue weighted by Gasteiger charge is 2.17. The van der Waals surface area contributed by atoms with Crippen molar-refractivity contribution in [1.29, 1.82) is 0 Å². The van der Waals surface area contributed by atoms with E-state index in [2.05, 4.69) is 21.2 Å². The van der Waals surface area contributed by atoms with Crippen molar-refractivity contribution < 1.29 is 14.0 Å². The van der Waals surface area contributed by atoms with E-state index in [1.54, 1.807) is 13.3 Å². The molecule has 0 spiro atoms. The van der Waals surface area contributed by atoms with E-state index in [0.717, 1.165) is 43.4 Å². The van der Waals surface area contributed by atoms with Crippen LogP contribution in [-0.2, 0) is 16.0 Å². The Hall–Kier alpha value is -2.60. The summed E-state index contributed by atoms with van der Waals surface area (Å²) in [6.45, 7) is 5.97. The number of anilines is 1. The van der Waals surface area contributed by atoms with Crippen LogP contribution in [-0.4, -0.2) is 30.3 Å². The second-order valence-corrected chi connectivity index (χ2v) is 8.04. The number of nitrogens with one attached hydrogen (secondary N) is 1. The number of hydrogen-bond donors (Lipinski definition) is 1. The van der Waals surface area contributed by atoms with Crippen molar-refractivity contribution in [3.05, 3.63) is 63.3 Å². The molecule has 6 heteroatoms. The van der Waals surface area contributed by atoms with Crippen LogP contribution in [0.1, 0.15) is 22.3 Å². The molecule has 0 bridgehead atoms. The first-order chi connectivity index (χ1) is 13.2. The molecule has 3 rings (SSSR count). The number of carbonyl (C=O) groups is 2. The molecule has 3 aromatic rings. The molecule has 1 N–H and O–H groups in total. The van der Waals surface area contributed by atoms with Crippen LogP contribution in [0.2, 0.25) is 0 Å². The molecule has 1 aromatic heterocycles. The number of hydrogen-bond acceptors (Lipinski definition) is 3. The van der Waals surface area contributed by atoms with Crippen molar-refractivity contribution in [2.45, 2.75) is 27.2 Å². The normalized spacial score (nSPS) is 10.9. The van der Waals surface area contributed by atoms with Crippen LogP contribution in [0.3, 0.4) is 0 Å². The van der Waals surface area contributed by atoms with Crippen LogP contribution in [0.4, 0.5) is 5.69 Å². The molecule has 0 aliphatic carbocycles. The summed E-state index contributed by atoms with van der Waals surface area (Å²) in [5, 5.41) is 3.80. The lowest BCUT2D eigenvalue weighted by Crippen LogP contribution is -2.35. The fourth-order valence-electron chi connectivity index (χ4n) is 3.03. The first-order valence-electron chi connectivity index (χ1n) is 9.02. The smallest absolute Gasteiger partial charge is 0.243 e. The Morgan fingerprint density at radius 3 is 2.50 bits per heavy atom. The molecule has 0 saturated heterocycles. The summed E-state index contributed by atoms with van der Waals surface area (Å²) in [5.41, 5.74) is 5.60. The molecule has 2 amide bonds. The Morgan fingerprint density at radius 2 is 1.79 bits per heavy atom. The Kier molecular flexibility index (Phi) is 5.89. The van der Waals surface area contributed by atoms with Gasteiger partial charge >= 0.3 is 0 Å². The number of nitrogens with zero attached hydrogens (tertiary/aromatic N) is 1. The Bertz CT molecular complexity index is 1060. The summed E-state index contributed by atoms with van der Waals surface area (Å²) >= 11 is 3.40. The monoisotopic (exact) mass is 442 g/mol. The number of likely N-dealkylation sites (N-methyl/N-ethyl adjacent to an activating group) is 1. The molecular weight excluding hydrogens is 420 g/mol. The molecule has 0 atom stereocenters. The number of halogens is 1. The summed E-state index contributed by atoms with van der Waals surface area (Å²) < 4.78 is 6.55. The summed E-state index contributed by atoms with van der Waals surface area (Å²) in [5.74, 6) is -0.367. The zero-order chi connectivity index (χ0) is 20.4. The molecular formula is C22H23BrN2O3. The van der Waals surface area contributed by atoms with Gasteiger partial charge in [0.15, 0.2) is 0 Å². The van der Waals surface area contributed by atoms with Crippen molar-refractivity contribution >= 4 is 44.4 Å². The largest absolute Gasteiger partial charge is 0.464 e. The van der Waals surface area contributed by atoms with Crippen LogP contribution < -0.4 is 5.32 Å². The Morgan fingerprint density at radius 1 is 1.07 bits per heavy atom. The SMILES string of the molecule is Cc1cc2occ(CC(=O)N(C)CC(=O)Nc3ccc(Br)cc3C)c2cc1C. The fraction of sp³-hybridized carbons (Fsp3) is 0.273. The highest BCUT2D eigenvalue weighted by Crippen LogP contribution is 2.25. The number of carbonyl (C=O) groups excluding carboxylic acids is 2. The highest BCUT2D eigenvalue weighted by atomic mass is 79.9. The van der Waals surface area contributed by atoms with Gasteiger partial charge in [-0.1, -0.05) is 15.9 Å². The van der Waals surface area contributed by atoms with E-state index in [-0.39, 0.29) is 24.8 Å². The molecule has 0 aliphatic rings. The van der Waals surface area contributed by atoms with E-state index in [4.69, 9.17) is 4.42 Å². The predicted octanol–water partition coefficient (Wildman–Crippen LogP) is 4.76. The van der Waals surface area contributed by atoms with Crippen LogP contribution in [0, 0.1) is 20.8 Å². The second kappa shape index (κ2) is 8.19. The summed E-state index contributed by atoms with van der Waals surface area (Å²) in [6, 6.07) is 9.65. The van der Waals surface area contributed by atoms with Gasteiger partial charge in [0.1, 0.15) is 5.58 Å². The van der Waals surface area contributed by atoms with Crippen molar-refractivity contribution in [3.8, 4) is 0 Å². The minimum atomic E-state index is -0.232. The maximum absolute atomic E-state index is 12.6. The molecule has 0 radical (unpaired) electrons. The van der Waals surface area contributed by atoms with Gasteiger partial charge in [-0.15, -0.1) is 0 Å². The minimum absolute atomic E-state index is 0.0116. The molecule has 0 aliphatic heterocycles. The standard InChI is InChI=1S/C22H23BrN2O3/c1-13-8-18-16(12-28-20(18)9-14(13)2)10-22(27)25(4)11-21(26)24-19-6-5-17(23)7-15(19)3/h5-9,12H,10-11H2,1-4H3,(H,24,26). The van der Waals surface area contributed by atoms with Crippen molar-refractivity contribution in [3.63, 3.8) is 0 Å². The topological polar surface area (TPSA) is 62.6 Å². The Balaban J connectivity index is 1.64. The third-order valence-electron chi connectivity index (χ3n) is 4.88. The van der Waals surface area contributed by atoms with E-state index >= 15 is 0 Å². The number of furan rings is 1. The van der Waals surface area contributed by atoms with Gasteiger partial charge in [0.25, 0.3) is 0 Å². The average Bonchev–Trinajstić information content (AvgIpc) is 2.99. The van der Waals surface area contributed by atoms with Gasteiger partial charge in [-0.25, -0.2) is 0 Å². The molecule has 146 valence electrons. The van der Waals surface area contributed by atoms with Crippen LogP contribution in [0.15, 0.2) is 45.5 Å². The summed E-state index contributed by atoms with van der Waals surface area (Å²) in [7, 11) is 1.63. The van der Waals surface area contributed by atoms with Gasteiger partial charge in [-0.3, -0.25) is 9.59 Å². The van der Waals surface area contributed by atoms with Gasteiger partial charge in [0.2, 0.25) is 11.8 Å². The summed E-state index contributed by atoms with van der Waals surface area (Å²) in [4.78, 5) is 26.4. The lowest BCUT2D eigenvalue weighted by molar-refractivity contribution is -0.132. The van der Waals surface area contributed by atoms with E-state index in [0.29, 0.717) is 0 Å². The van der Waals surface area contributed by atoms with E-state index in [9.17, 15) is 9.59 Å². The number of aryl methyl sites for hydroxylation is 3. The maximum atomic E-state index is 12.6. The molecule has 0 saturated carbocycles. The van der Waals surface area contributed by atoms with Gasteiger partial charge in [-0.2, -0.15) is 0 Å². The van der Waals surface area contributed by atoms with Crippen LogP contribution in [0.25, 0.3) is 11.0 Å². The molecule has 5 nitrogen and oxygen atoms in total. The number of rotatable bonds is 5. The summed E-state index contributed by atoms with van der Waals surface area (Å²) in [6.07, 6.45) is 1.82. The van der Waals surface area contributed by atoms with Crippen molar-refractivity contribution in [2.24, 2.45) is 0 Å². The van der Waals surface area contributed by atoms with Gasteiger partial charge in [-0.05, 0) is 67.8 Å². The number of fused-ring (bicyclic) bond motifs is 1.